The van der Waals surface area contributed by atoms with E-state index in [0.717, 1.165) is 50.8 Å². The summed E-state index contributed by atoms with van der Waals surface area (Å²) in [5.74, 6) is 1.63. The van der Waals surface area contributed by atoms with E-state index in [0.29, 0.717) is 0 Å². The highest BCUT2D eigenvalue weighted by atomic mass is 16.6. The second-order valence-corrected chi connectivity index (χ2v) is 9.05. The first-order chi connectivity index (χ1) is 17.2. The van der Waals surface area contributed by atoms with Crippen molar-refractivity contribution in [2.24, 2.45) is 4.99 Å². The lowest BCUT2D eigenvalue weighted by molar-refractivity contribution is 0.448. The molecule has 1 heterocycles. The molecular weight excluding hydrogens is 429 g/mol. The maximum Gasteiger partial charge on any atom is 0.633 e. The first kappa shape index (κ1) is 21.5. The Balaban J connectivity index is 1.59. The summed E-state index contributed by atoms with van der Waals surface area (Å²) in [6.07, 6.45) is 2.94. The van der Waals surface area contributed by atoms with Crippen LogP contribution in [0.2, 0.25) is 0 Å². The molecule has 0 radical (unpaired) electrons. The third-order valence-corrected chi connectivity index (χ3v) is 6.81. The molecule has 0 aliphatic carbocycles. The monoisotopic (exact) mass is 455 g/mol. The van der Waals surface area contributed by atoms with Crippen molar-refractivity contribution >= 4 is 40.3 Å². The second kappa shape index (κ2) is 8.96. The van der Waals surface area contributed by atoms with E-state index in [1.165, 1.54) is 10.8 Å². The number of nitrogens with zero attached hydrogens (tertiary/aromatic N) is 1. The molecule has 0 amide bonds. The first-order valence-corrected chi connectivity index (χ1v) is 12.2. The van der Waals surface area contributed by atoms with Crippen LogP contribution in [0.5, 0.6) is 11.5 Å². The van der Waals surface area contributed by atoms with Gasteiger partial charge in [0.2, 0.25) is 0 Å². The molecule has 6 rings (SSSR count). The molecule has 1 atom stereocenters. The Labute approximate surface area is 206 Å². The van der Waals surface area contributed by atoms with Crippen LogP contribution in [-0.2, 0) is 0 Å². The zero-order chi connectivity index (χ0) is 23.8. The van der Waals surface area contributed by atoms with Crippen LogP contribution in [0.1, 0.15) is 25.8 Å². The second-order valence-electron chi connectivity index (χ2n) is 9.05. The first-order valence-electron chi connectivity index (χ1n) is 12.2. The highest BCUT2D eigenvalue weighted by Gasteiger charge is 2.34. The fourth-order valence-corrected chi connectivity index (χ4v) is 4.75. The molecule has 3 nitrogen and oxygen atoms in total. The summed E-state index contributed by atoms with van der Waals surface area (Å²) < 4.78 is 13.3. The summed E-state index contributed by atoms with van der Waals surface area (Å²) in [4.78, 5) is 4.73. The van der Waals surface area contributed by atoms with Gasteiger partial charge in [0.15, 0.2) is 0 Å². The Morgan fingerprint density at radius 2 is 1.26 bits per heavy atom. The average Bonchev–Trinajstić information content (AvgIpc) is 3.09. The molecule has 35 heavy (non-hydrogen) atoms. The van der Waals surface area contributed by atoms with Crippen LogP contribution in [0.3, 0.4) is 0 Å². The molecule has 0 saturated carbocycles. The molecule has 0 unspecified atom stereocenters. The van der Waals surface area contributed by atoms with Gasteiger partial charge < -0.3 is 9.31 Å². The molecule has 0 saturated heterocycles. The van der Waals surface area contributed by atoms with Gasteiger partial charge in [-0.25, -0.2) is 0 Å². The normalized spacial score (nSPS) is 13.7. The van der Waals surface area contributed by atoms with Crippen molar-refractivity contribution in [2.75, 3.05) is 0 Å². The SMILES string of the molecule is CC[C@@H](C)N=Cc1ccccc1B1Oc2ccc3ccccc3c2-c2c(ccc3ccccc23)O1. The van der Waals surface area contributed by atoms with Gasteiger partial charge in [-0.2, -0.15) is 0 Å². The molecule has 170 valence electrons. The van der Waals surface area contributed by atoms with E-state index in [-0.39, 0.29) is 6.04 Å². The minimum atomic E-state index is -0.600. The molecule has 0 N–H and O–H groups in total. The summed E-state index contributed by atoms with van der Waals surface area (Å²) in [6.45, 7) is 4.27. The van der Waals surface area contributed by atoms with Crippen LogP contribution in [-0.4, -0.2) is 19.4 Å². The number of aliphatic imine (C=N–C) groups is 1. The van der Waals surface area contributed by atoms with Gasteiger partial charge in [0.05, 0.1) is 0 Å². The van der Waals surface area contributed by atoms with E-state index in [4.69, 9.17) is 14.3 Å². The summed E-state index contributed by atoms with van der Waals surface area (Å²) >= 11 is 0. The van der Waals surface area contributed by atoms with Gasteiger partial charge in [-0.3, -0.25) is 4.99 Å². The van der Waals surface area contributed by atoms with Crippen molar-refractivity contribution in [1.29, 1.82) is 0 Å². The smallest absolute Gasteiger partial charge is 0.521 e. The predicted octanol–water partition coefficient (Wildman–Crippen LogP) is 7.04. The predicted molar refractivity (Wildman–Crippen MR) is 147 cm³/mol. The standard InChI is InChI=1S/C31H26BNO2/c1-3-21(2)33-20-24-12-6-9-15-27(24)32-34-28-18-16-22-10-4-7-13-25(22)30(28)31-26-14-8-5-11-23(26)17-19-29(31)35-32/h4-21H,3H2,1-2H3/t21-/m1/s1. The number of benzene rings is 5. The molecule has 5 aromatic carbocycles. The van der Waals surface area contributed by atoms with E-state index in [2.05, 4.69) is 98.8 Å². The van der Waals surface area contributed by atoms with Crippen molar-refractivity contribution < 1.29 is 9.31 Å². The highest BCUT2D eigenvalue weighted by molar-refractivity contribution is 6.64. The van der Waals surface area contributed by atoms with Crippen molar-refractivity contribution in [3.05, 3.63) is 103 Å². The van der Waals surface area contributed by atoms with E-state index in [9.17, 15) is 0 Å². The van der Waals surface area contributed by atoms with Gasteiger partial charge in [-0.15, -0.1) is 0 Å². The molecule has 0 aromatic heterocycles. The highest BCUT2D eigenvalue weighted by Crippen LogP contribution is 2.47. The molecule has 0 bridgehead atoms. The van der Waals surface area contributed by atoms with Gasteiger partial charge in [0, 0.05) is 28.8 Å². The quantitative estimate of drug-likeness (QED) is 0.215. The topological polar surface area (TPSA) is 30.8 Å². The third-order valence-electron chi connectivity index (χ3n) is 6.81. The number of hydrogen-bond acceptors (Lipinski definition) is 3. The molecular formula is C31H26BNO2. The summed E-state index contributed by atoms with van der Waals surface area (Å²) in [5, 5.41) is 4.65. The molecule has 0 fully saturated rings. The lowest BCUT2D eigenvalue weighted by Crippen LogP contribution is -2.44. The van der Waals surface area contributed by atoms with Crippen LogP contribution in [0.4, 0.5) is 0 Å². The van der Waals surface area contributed by atoms with E-state index < -0.39 is 7.12 Å². The Kier molecular flexibility index (Phi) is 5.50. The van der Waals surface area contributed by atoms with Crippen LogP contribution in [0, 0.1) is 0 Å². The maximum absolute atomic E-state index is 6.67. The van der Waals surface area contributed by atoms with Crippen molar-refractivity contribution in [3.63, 3.8) is 0 Å². The van der Waals surface area contributed by atoms with Crippen molar-refractivity contribution in [1.82, 2.24) is 0 Å². The summed E-state index contributed by atoms with van der Waals surface area (Å²) in [6, 6.07) is 33.8. The number of hydrogen-bond donors (Lipinski definition) is 0. The minimum absolute atomic E-state index is 0.262. The Bertz CT molecular complexity index is 1490. The van der Waals surface area contributed by atoms with Gasteiger partial charge in [-0.1, -0.05) is 91.9 Å². The summed E-state index contributed by atoms with van der Waals surface area (Å²) in [7, 11) is -0.600. The molecule has 1 aliphatic rings. The largest absolute Gasteiger partial charge is 0.633 e. The van der Waals surface area contributed by atoms with Crippen molar-refractivity contribution in [2.45, 2.75) is 26.3 Å². The number of fused-ring (bicyclic) bond motifs is 7. The Morgan fingerprint density at radius 1 is 0.714 bits per heavy atom. The Morgan fingerprint density at radius 3 is 1.86 bits per heavy atom. The third kappa shape index (κ3) is 3.85. The van der Waals surface area contributed by atoms with Crippen LogP contribution < -0.4 is 14.8 Å². The minimum Gasteiger partial charge on any atom is -0.521 e. The van der Waals surface area contributed by atoms with Gasteiger partial charge in [0.1, 0.15) is 11.5 Å². The van der Waals surface area contributed by atoms with Crippen molar-refractivity contribution in [3.8, 4) is 22.6 Å². The molecule has 4 heteroatoms. The lowest BCUT2D eigenvalue weighted by Gasteiger charge is -2.16. The van der Waals surface area contributed by atoms with Crippen LogP contribution in [0.15, 0.2) is 102 Å². The fraction of sp³-hybridized carbons (Fsp3) is 0.129. The summed E-state index contributed by atoms with van der Waals surface area (Å²) in [5.41, 5.74) is 4.11. The average molecular weight is 455 g/mol. The fourth-order valence-electron chi connectivity index (χ4n) is 4.75. The van der Waals surface area contributed by atoms with Gasteiger partial charge >= 0.3 is 7.12 Å². The zero-order valence-electron chi connectivity index (χ0n) is 19.9. The van der Waals surface area contributed by atoms with E-state index in [1.807, 2.05) is 18.3 Å². The van der Waals surface area contributed by atoms with Crippen LogP contribution >= 0.6 is 0 Å². The van der Waals surface area contributed by atoms with Crippen LogP contribution in [0.25, 0.3) is 32.7 Å². The maximum atomic E-state index is 6.67. The lowest BCUT2D eigenvalue weighted by atomic mass is 9.75. The molecule has 1 aliphatic heterocycles. The molecule has 0 spiro atoms. The molecule has 5 aromatic rings. The van der Waals surface area contributed by atoms with Gasteiger partial charge in [0.25, 0.3) is 0 Å². The number of rotatable bonds is 4. The zero-order valence-corrected chi connectivity index (χ0v) is 19.9. The van der Waals surface area contributed by atoms with E-state index >= 15 is 0 Å². The van der Waals surface area contributed by atoms with E-state index in [1.54, 1.807) is 0 Å². The van der Waals surface area contributed by atoms with Gasteiger partial charge in [-0.05, 0) is 52.6 Å². The Hall–Kier alpha value is -4.05.